The fourth-order valence-electron chi connectivity index (χ4n) is 3.74. The van der Waals surface area contributed by atoms with Gasteiger partial charge in [0.2, 0.25) is 5.91 Å². The number of aromatic nitrogens is 2. The molecule has 8 heteroatoms. The summed E-state index contributed by atoms with van der Waals surface area (Å²) in [7, 11) is 0. The SMILES string of the molecule is O=C(O)C1(C(=O)Nc2cnn(CCN3CCOCC3)c2)CCCCCC1. The number of hydrogen-bond acceptors (Lipinski definition) is 5. The van der Waals surface area contributed by atoms with E-state index in [4.69, 9.17) is 4.74 Å². The van der Waals surface area contributed by atoms with Gasteiger partial charge in [-0.3, -0.25) is 19.2 Å². The number of aliphatic carboxylic acids is 1. The number of rotatable bonds is 6. The molecule has 1 aliphatic carbocycles. The van der Waals surface area contributed by atoms with Gasteiger partial charge in [0.15, 0.2) is 0 Å². The summed E-state index contributed by atoms with van der Waals surface area (Å²) in [6.45, 7) is 4.96. The van der Waals surface area contributed by atoms with Crippen molar-refractivity contribution >= 4 is 17.6 Å². The molecule has 0 unspecified atom stereocenters. The zero-order chi connectivity index (χ0) is 18.4. The lowest BCUT2D eigenvalue weighted by atomic mass is 9.79. The van der Waals surface area contributed by atoms with Crippen LogP contribution in [-0.4, -0.2) is 64.5 Å². The number of carboxylic acid groups (broad SMARTS) is 1. The van der Waals surface area contributed by atoms with E-state index in [1.54, 1.807) is 17.1 Å². The molecule has 0 bridgehead atoms. The predicted molar refractivity (Wildman–Crippen MR) is 95.9 cm³/mol. The summed E-state index contributed by atoms with van der Waals surface area (Å²) in [5.41, 5.74) is -0.756. The molecule has 26 heavy (non-hydrogen) atoms. The van der Waals surface area contributed by atoms with E-state index in [9.17, 15) is 14.7 Å². The van der Waals surface area contributed by atoms with Crippen molar-refractivity contribution in [3.05, 3.63) is 12.4 Å². The molecule has 0 atom stereocenters. The molecule has 2 N–H and O–H groups in total. The van der Waals surface area contributed by atoms with E-state index in [-0.39, 0.29) is 0 Å². The number of amides is 1. The van der Waals surface area contributed by atoms with Crippen LogP contribution in [-0.2, 0) is 20.9 Å². The Morgan fingerprint density at radius 3 is 2.50 bits per heavy atom. The van der Waals surface area contributed by atoms with E-state index in [1.165, 1.54) is 0 Å². The number of morpholine rings is 1. The first-order valence-electron chi connectivity index (χ1n) is 9.47. The Hall–Kier alpha value is -1.93. The summed E-state index contributed by atoms with van der Waals surface area (Å²) in [4.78, 5) is 26.9. The van der Waals surface area contributed by atoms with Crippen LogP contribution in [0.1, 0.15) is 38.5 Å². The van der Waals surface area contributed by atoms with Gasteiger partial charge < -0.3 is 15.2 Å². The van der Waals surface area contributed by atoms with Gasteiger partial charge in [0.1, 0.15) is 5.41 Å². The maximum atomic E-state index is 12.7. The number of carbonyl (C=O) groups excluding carboxylic acids is 1. The van der Waals surface area contributed by atoms with Crippen molar-refractivity contribution in [1.82, 2.24) is 14.7 Å². The molecule has 144 valence electrons. The summed E-state index contributed by atoms with van der Waals surface area (Å²) in [6, 6.07) is 0. The van der Waals surface area contributed by atoms with Crippen LogP contribution in [0.2, 0.25) is 0 Å². The Labute approximate surface area is 153 Å². The minimum Gasteiger partial charge on any atom is -0.480 e. The van der Waals surface area contributed by atoms with Crippen LogP contribution >= 0.6 is 0 Å². The molecular formula is C18H28N4O4. The lowest BCUT2D eigenvalue weighted by molar-refractivity contribution is -0.155. The average molecular weight is 364 g/mol. The number of nitrogens with one attached hydrogen (secondary N) is 1. The standard InChI is InChI=1S/C18H28N4O4/c23-16(18(17(24)25)5-3-1-2-4-6-18)20-15-13-19-22(14-15)8-7-21-9-11-26-12-10-21/h13-14H,1-12H2,(H,20,23)(H,24,25). The van der Waals surface area contributed by atoms with Gasteiger partial charge in [-0.05, 0) is 12.8 Å². The lowest BCUT2D eigenvalue weighted by Crippen LogP contribution is -2.42. The highest BCUT2D eigenvalue weighted by atomic mass is 16.5. The third-order valence-electron chi connectivity index (χ3n) is 5.44. The lowest BCUT2D eigenvalue weighted by Gasteiger charge is -2.26. The number of anilines is 1. The highest BCUT2D eigenvalue weighted by Crippen LogP contribution is 2.36. The second-order valence-corrected chi connectivity index (χ2v) is 7.20. The number of carboxylic acids is 1. The molecule has 1 saturated carbocycles. The molecule has 2 fully saturated rings. The molecule has 1 aliphatic heterocycles. The smallest absolute Gasteiger partial charge is 0.319 e. The van der Waals surface area contributed by atoms with Crippen molar-refractivity contribution in [3.63, 3.8) is 0 Å². The van der Waals surface area contributed by atoms with Gasteiger partial charge in [-0.25, -0.2) is 0 Å². The highest BCUT2D eigenvalue weighted by molar-refractivity contribution is 6.08. The van der Waals surface area contributed by atoms with Gasteiger partial charge in [-0.2, -0.15) is 5.10 Å². The Balaban J connectivity index is 1.58. The monoisotopic (exact) mass is 364 g/mol. The van der Waals surface area contributed by atoms with Crippen LogP contribution < -0.4 is 5.32 Å². The summed E-state index contributed by atoms with van der Waals surface area (Å²) in [5, 5.41) is 16.8. The number of nitrogens with zero attached hydrogens (tertiary/aromatic N) is 3. The molecular weight excluding hydrogens is 336 g/mol. The molecule has 1 amide bonds. The van der Waals surface area contributed by atoms with Gasteiger partial charge in [0.05, 0.1) is 31.6 Å². The first kappa shape index (κ1) is 18.8. The van der Waals surface area contributed by atoms with Gasteiger partial charge >= 0.3 is 5.97 Å². The minimum absolute atomic E-state index is 0.402. The van der Waals surface area contributed by atoms with Gasteiger partial charge in [-0.15, -0.1) is 0 Å². The topological polar surface area (TPSA) is 96.7 Å². The normalized spacial score (nSPS) is 21.1. The third-order valence-corrected chi connectivity index (χ3v) is 5.44. The largest absolute Gasteiger partial charge is 0.480 e. The van der Waals surface area contributed by atoms with Crippen molar-refractivity contribution in [3.8, 4) is 0 Å². The van der Waals surface area contributed by atoms with Crippen LogP contribution in [0.15, 0.2) is 12.4 Å². The van der Waals surface area contributed by atoms with Gasteiger partial charge in [0.25, 0.3) is 0 Å². The Kier molecular flexibility index (Phi) is 6.26. The van der Waals surface area contributed by atoms with E-state index in [2.05, 4.69) is 15.3 Å². The van der Waals surface area contributed by atoms with Crippen LogP contribution in [0.25, 0.3) is 0 Å². The van der Waals surface area contributed by atoms with Gasteiger partial charge in [-0.1, -0.05) is 25.7 Å². The molecule has 8 nitrogen and oxygen atoms in total. The maximum absolute atomic E-state index is 12.7. The van der Waals surface area contributed by atoms with E-state index < -0.39 is 17.3 Å². The predicted octanol–water partition coefficient (Wildman–Crippen LogP) is 1.58. The van der Waals surface area contributed by atoms with Crippen LogP contribution in [0, 0.1) is 5.41 Å². The quantitative estimate of drug-likeness (QED) is 0.588. The Morgan fingerprint density at radius 2 is 1.85 bits per heavy atom. The summed E-state index contributed by atoms with van der Waals surface area (Å²) >= 11 is 0. The van der Waals surface area contributed by atoms with Crippen molar-refractivity contribution in [2.24, 2.45) is 5.41 Å². The average Bonchev–Trinajstić information content (AvgIpc) is 2.93. The van der Waals surface area contributed by atoms with Crippen LogP contribution in [0.5, 0.6) is 0 Å². The fraction of sp³-hybridized carbons (Fsp3) is 0.722. The molecule has 2 aliphatic rings. The fourth-order valence-corrected chi connectivity index (χ4v) is 3.74. The second-order valence-electron chi connectivity index (χ2n) is 7.20. The van der Waals surface area contributed by atoms with Crippen LogP contribution in [0.3, 0.4) is 0 Å². The molecule has 1 aromatic heterocycles. The van der Waals surface area contributed by atoms with Crippen molar-refractivity contribution in [2.75, 3.05) is 38.2 Å². The van der Waals surface area contributed by atoms with E-state index in [0.717, 1.165) is 65.1 Å². The molecule has 1 aromatic rings. The summed E-state index contributed by atoms with van der Waals surface area (Å²) < 4.78 is 7.12. The zero-order valence-corrected chi connectivity index (χ0v) is 15.2. The number of carbonyl (C=O) groups is 2. The molecule has 3 rings (SSSR count). The van der Waals surface area contributed by atoms with E-state index in [0.29, 0.717) is 18.5 Å². The van der Waals surface area contributed by atoms with Crippen LogP contribution in [0.4, 0.5) is 5.69 Å². The van der Waals surface area contributed by atoms with E-state index in [1.807, 2.05) is 0 Å². The first-order valence-corrected chi connectivity index (χ1v) is 9.47. The maximum Gasteiger partial charge on any atom is 0.319 e. The third kappa shape index (κ3) is 4.42. The Morgan fingerprint density at radius 1 is 1.15 bits per heavy atom. The Bertz CT molecular complexity index is 616. The van der Waals surface area contributed by atoms with Crippen molar-refractivity contribution in [2.45, 2.75) is 45.1 Å². The zero-order valence-electron chi connectivity index (χ0n) is 15.2. The van der Waals surface area contributed by atoms with Crippen molar-refractivity contribution in [1.29, 1.82) is 0 Å². The minimum atomic E-state index is -1.31. The number of ether oxygens (including phenoxy) is 1. The molecule has 0 aromatic carbocycles. The number of hydrogen-bond donors (Lipinski definition) is 2. The van der Waals surface area contributed by atoms with E-state index >= 15 is 0 Å². The molecule has 0 radical (unpaired) electrons. The highest BCUT2D eigenvalue weighted by Gasteiger charge is 2.46. The summed E-state index contributed by atoms with van der Waals surface area (Å²) in [6.07, 6.45) is 7.69. The summed E-state index contributed by atoms with van der Waals surface area (Å²) in [5.74, 6) is -1.43. The first-order chi connectivity index (χ1) is 12.6. The molecule has 2 heterocycles. The van der Waals surface area contributed by atoms with Crippen molar-refractivity contribution < 1.29 is 19.4 Å². The second kappa shape index (κ2) is 8.64. The molecule has 1 saturated heterocycles. The van der Waals surface area contributed by atoms with Gasteiger partial charge in [0, 0.05) is 25.8 Å². The molecule has 0 spiro atoms.